The molecule has 5 nitrogen and oxygen atoms in total. The van der Waals surface area contributed by atoms with Gasteiger partial charge in [-0.2, -0.15) is 0 Å². The molecule has 0 aromatic carbocycles. The highest BCUT2D eigenvalue weighted by molar-refractivity contribution is 5.92. The monoisotopic (exact) mass is 297 g/mol. The third-order valence-corrected chi connectivity index (χ3v) is 3.94. The first-order chi connectivity index (χ1) is 10.1. The summed E-state index contributed by atoms with van der Waals surface area (Å²) in [6, 6.07) is 0.324. The summed E-state index contributed by atoms with van der Waals surface area (Å²) in [7, 11) is 0. The Hall–Kier alpha value is -1.07. The Balaban J connectivity index is 1.89. The number of aliphatic hydroxyl groups is 1. The molecule has 2 N–H and O–H groups in total. The van der Waals surface area contributed by atoms with E-state index >= 15 is 0 Å². The lowest BCUT2D eigenvalue weighted by atomic mass is 9.90. The molecule has 1 amide bonds. The van der Waals surface area contributed by atoms with E-state index in [9.17, 15) is 4.79 Å². The van der Waals surface area contributed by atoms with Gasteiger partial charge in [-0.25, -0.2) is 0 Å². The quantitative estimate of drug-likeness (QED) is 0.672. The predicted molar refractivity (Wildman–Crippen MR) is 79.3 cm³/mol. The first-order valence-corrected chi connectivity index (χ1v) is 8.02. The third kappa shape index (κ3) is 5.32. The van der Waals surface area contributed by atoms with Crippen LogP contribution in [0.5, 0.6) is 0 Å². The van der Waals surface area contributed by atoms with Gasteiger partial charge in [0.05, 0.1) is 6.61 Å². The normalized spacial score (nSPS) is 25.4. The molecule has 0 saturated heterocycles. The van der Waals surface area contributed by atoms with Crippen molar-refractivity contribution in [2.75, 3.05) is 13.2 Å². The number of carbonyl (C=O) groups is 1. The highest BCUT2D eigenvalue weighted by Gasteiger charge is 2.31. The number of ether oxygens (including phenoxy) is 2. The van der Waals surface area contributed by atoms with Gasteiger partial charge in [-0.15, -0.1) is 0 Å². The molecular formula is C16H27NO4. The lowest BCUT2D eigenvalue weighted by Crippen LogP contribution is -2.35. The van der Waals surface area contributed by atoms with Crippen LogP contribution in [0.25, 0.3) is 0 Å². The molecule has 1 heterocycles. The van der Waals surface area contributed by atoms with E-state index in [0.717, 1.165) is 32.1 Å². The zero-order valence-corrected chi connectivity index (χ0v) is 13.0. The Kier molecular flexibility index (Phi) is 6.06. The Labute approximate surface area is 126 Å². The van der Waals surface area contributed by atoms with Gasteiger partial charge in [0.15, 0.2) is 5.76 Å². The molecule has 1 aliphatic heterocycles. The van der Waals surface area contributed by atoms with Gasteiger partial charge in [0.25, 0.3) is 5.91 Å². The standard InChI is InChI=1S/C16H27NO4/c1-11(2)12-9-14(16(19)17-13-5-6-13)21-15(10-12)20-8-4-3-7-18/h9,11-13,15,18H,3-8,10H2,1-2H3,(H,17,19)/t12-,15+/m1/s1. The van der Waals surface area contributed by atoms with Crippen LogP contribution in [0, 0.1) is 11.8 Å². The number of hydrogen-bond acceptors (Lipinski definition) is 4. The molecular weight excluding hydrogens is 270 g/mol. The summed E-state index contributed by atoms with van der Waals surface area (Å²) in [5, 5.41) is 11.7. The van der Waals surface area contributed by atoms with Crippen LogP contribution < -0.4 is 5.32 Å². The van der Waals surface area contributed by atoms with E-state index in [1.165, 1.54) is 0 Å². The summed E-state index contributed by atoms with van der Waals surface area (Å²) in [5.41, 5.74) is 0. The number of hydrogen-bond donors (Lipinski definition) is 2. The molecule has 2 rings (SSSR count). The van der Waals surface area contributed by atoms with Gasteiger partial charge in [-0.1, -0.05) is 13.8 Å². The molecule has 0 aromatic heterocycles. The van der Waals surface area contributed by atoms with Gasteiger partial charge in [-0.3, -0.25) is 4.79 Å². The van der Waals surface area contributed by atoms with E-state index in [1.807, 2.05) is 6.08 Å². The molecule has 2 atom stereocenters. The fourth-order valence-corrected chi connectivity index (χ4v) is 2.32. The second-order valence-electron chi connectivity index (χ2n) is 6.27. The highest BCUT2D eigenvalue weighted by Crippen LogP contribution is 2.29. The van der Waals surface area contributed by atoms with Gasteiger partial charge in [0.2, 0.25) is 6.29 Å². The van der Waals surface area contributed by atoms with Gasteiger partial charge >= 0.3 is 0 Å². The fourth-order valence-electron chi connectivity index (χ4n) is 2.32. The summed E-state index contributed by atoms with van der Waals surface area (Å²) in [6.07, 6.45) is 6.01. The molecule has 1 saturated carbocycles. The fraction of sp³-hybridized carbons (Fsp3) is 0.812. The van der Waals surface area contributed by atoms with Gasteiger partial charge in [0, 0.05) is 19.1 Å². The van der Waals surface area contributed by atoms with Crippen LogP contribution in [0.4, 0.5) is 0 Å². The first kappa shape index (κ1) is 16.3. The van der Waals surface area contributed by atoms with Crippen molar-refractivity contribution in [1.82, 2.24) is 5.32 Å². The number of carbonyl (C=O) groups excluding carboxylic acids is 1. The zero-order chi connectivity index (χ0) is 15.2. The SMILES string of the molecule is CC(C)[C@@H]1C=C(C(=O)NC2CC2)O[C@H](OCCCCO)C1. The van der Waals surface area contributed by atoms with Crippen molar-refractivity contribution < 1.29 is 19.4 Å². The minimum Gasteiger partial charge on any atom is -0.459 e. The van der Waals surface area contributed by atoms with Gasteiger partial charge in [-0.05, 0) is 43.6 Å². The molecule has 120 valence electrons. The van der Waals surface area contributed by atoms with Crippen molar-refractivity contribution in [2.45, 2.75) is 58.3 Å². The molecule has 0 spiro atoms. The van der Waals surface area contributed by atoms with E-state index in [1.54, 1.807) is 0 Å². The van der Waals surface area contributed by atoms with Gasteiger partial charge in [0.1, 0.15) is 0 Å². The van der Waals surface area contributed by atoms with Crippen LogP contribution in [-0.2, 0) is 14.3 Å². The van der Waals surface area contributed by atoms with E-state index in [2.05, 4.69) is 19.2 Å². The summed E-state index contributed by atoms with van der Waals surface area (Å²) in [6.45, 7) is 5.02. The first-order valence-electron chi connectivity index (χ1n) is 8.02. The third-order valence-electron chi connectivity index (χ3n) is 3.94. The number of unbranched alkanes of at least 4 members (excludes halogenated alkanes) is 1. The Bertz CT molecular complexity index is 376. The molecule has 1 fully saturated rings. The maximum Gasteiger partial charge on any atom is 0.286 e. The minimum atomic E-state index is -0.360. The van der Waals surface area contributed by atoms with Crippen molar-refractivity contribution in [1.29, 1.82) is 0 Å². The van der Waals surface area contributed by atoms with Crippen LogP contribution in [0.3, 0.4) is 0 Å². The lowest BCUT2D eigenvalue weighted by molar-refractivity contribution is -0.150. The van der Waals surface area contributed by atoms with E-state index in [0.29, 0.717) is 30.2 Å². The lowest BCUT2D eigenvalue weighted by Gasteiger charge is -2.30. The van der Waals surface area contributed by atoms with Crippen LogP contribution in [0.1, 0.15) is 46.0 Å². The van der Waals surface area contributed by atoms with Crippen molar-refractivity contribution in [3.63, 3.8) is 0 Å². The maximum absolute atomic E-state index is 12.1. The number of amides is 1. The molecule has 2 aliphatic rings. The van der Waals surface area contributed by atoms with Crippen molar-refractivity contribution in [2.24, 2.45) is 11.8 Å². The number of allylic oxidation sites excluding steroid dienone is 1. The summed E-state index contributed by atoms with van der Waals surface area (Å²) in [5.74, 6) is 1.02. The molecule has 0 radical (unpaired) electrons. The van der Waals surface area contributed by atoms with Crippen LogP contribution in [0.15, 0.2) is 11.8 Å². The molecule has 0 unspecified atom stereocenters. The van der Waals surface area contributed by atoms with Crippen LogP contribution in [0.2, 0.25) is 0 Å². The Morgan fingerprint density at radius 3 is 2.86 bits per heavy atom. The highest BCUT2D eigenvalue weighted by atomic mass is 16.7. The smallest absolute Gasteiger partial charge is 0.286 e. The molecule has 21 heavy (non-hydrogen) atoms. The molecule has 0 bridgehead atoms. The Morgan fingerprint density at radius 1 is 1.48 bits per heavy atom. The van der Waals surface area contributed by atoms with Crippen LogP contribution in [-0.4, -0.2) is 36.6 Å². The molecule has 1 aliphatic carbocycles. The summed E-state index contributed by atoms with van der Waals surface area (Å²) < 4.78 is 11.4. The number of nitrogens with one attached hydrogen (secondary N) is 1. The summed E-state index contributed by atoms with van der Waals surface area (Å²) in [4.78, 5) is 12.1. The number of aliphatic hydroxyl groups excluding tert-OH is 1. The largest absolute Gasteiger partial charge is 0.459 e. The predicted octanol–water partition coefficient (Wildman–Crippen LogP) is 1.96. The zero-order valence-electron chi connectivity index (χ0n) is 13.0. The van der Waals surface area contributed by atoms with Crippen molar-refractivity contribution in [3.05, 3.63) is 11.8 Å². The minimum absolute atomic E-state index is 0.119. The average Bonchev–Trinajstić information content (AvgIpc) is 3.27. The van der Waals surface area contributed by atoms with E-state index < -0.39 is 0 Å². The van der Waals surface area contributed by atoms with Crippen molar-refractivity contribution in [3.8, 4) is 0 Å². The van der Waals surface area contributed by atoms with E-state index in [4.69, 9.17) is 14.6 Å². The second kappa shape index (κ2) is 7.80. The maximum atomic E-state index is 12.1. The van der Waals surface area contributed by atoms with Gasteiger partial charge < -0.3 is 19.9 Å². The second-order valence-corrected chi connectivity index (χ2v) is 6.27. The number of rotatable bonds is 8. The summed E-state index contributed by atoms with van der Waals surface area (Å²) >= 11 is 0. The average molecular weight is 297 g/mol. The van der Waals surface area contributed by atoms with E-state index in [-0.39, 0.29) is 18.8 Å². The topological polar surface area (TPSA) is 67.8 Å². The molecule has 5 heteroatoms. The Morgan fingerprint density at radius 2 is 2.24 bits per heavy atom. The molecule has 0 aromatic rings. The van der Waals surface area contributed by atoms with Crippen LogP contribution >= 0.6 is 0 Å². The van der Waals surface area contributed by atoms with Crippen molar-refractivity contribution >= 4 is 5.91 Å².